The van der Waals surface area contributed by atoms with Gasteiger partial charge in [0.15, 0.2) is 11.6 Å². The second-order valence-corrected chi connectivity index (χ2v) is 7.84. The zero-order valence-electron chi connectivity index (χ0n) is 17.9. The summed E-state index contributed by atoms with van der Waals surface area (Å²) in [7, 11) is 0. The van der Waals surface area contributed by atoms with Crippen molar-refractivity contribution in [2.45, 2.75) is 13.0 Å². The summed E-state index contributed by atoms with van der Waals surface area (Å²) in [4.78, 5) is 43.9. The lowest BCUT2D eigenvalue weighted by molar-refractivity contribution is -0.117. The predicted molar refractivity (Wildman–Crippen MR) is 119 cm³/mol. The third kappa shape index (κ3) is 4.94. The Labute approximate surface area is 188 Å². The van der Waals surface area contributed by atoms with Gasteiger partial charge in [-0.25, -0.2) is 13.6 Å². The topological polar surface area (TPSA) is 97.5 Å². The Balaban J connectivity index is 1.28. The molecule has 1 aliphatic rings. The number of nitrogens with one attached hydrogen (secondary N) is 3. The van der Waals surface area contributed by atoms with Crippen molar-refractivity contribution in [3.05, 3.63) is 65.9 Å². The number of carbonyl (C=O) groups is 3. The Bertz CT molecular complexity index is 1170. The summed E-state index contributed by atoms with van der Waals surface area (Å²) >= 11 is 0. The molecule has 33 heavy (non-hydrogen) atoms. The highest BCUT2D eigenvalue weighted by atomic mass is 19.2. The van der Waals surface area contributed by atoms with Crippen LogP contribution < -0.4 is 10.6 Å². The molecule has 172 valence electrons. The zero-order chi connectivity index (χ0) is 23.5. The van der Waals surface area contributed by atoms with Gasteiger partial charge in [-0.3, -0.25) is 9.59 Å². The smallest absolute Gasteiger partial charge is 0.318 e. The van der Waals surface area contributed by atoms with Crippen molar-refractivity contribution in [2.75, 3.05) is 31.5 Å². The highest BCUT2D eigenvalue weighted by Crippen LogP contribution is 2.17. The van der Waals surface area contributed by atoms with Gasteiger partial charge in [-0.15, -0.1) is 0 Å². The van der Waals surface area contributed by atoms with E-state index in [4.69, 9.17) is 0 Å². The van der Waals surface area contributed by atoms with Crippen LogP contribution in [0, 0.1) is 11.6 Å². The molecule has 3 aromatic rings. The predicted octanol–water partition coefficient (Wildman–Crippen LogP) is 2.94. The van der Waals surface area contributed by atoms with Crippen molar-refractivity contribution in [3.8, 4) is 0 Å². The summed E-state index contributed by atoms with van der Waals surface area (Å²) in [5, 5.41) is 5.97. The number of aromatic amines is 1. The number of hydrogen-bond donors (Lipinski definition) is 3. The molecule has 1 aromatic heterocycles. The van der Waals surface area contributed by atoms with Gasteiger partial charge in [0.05, 0.1) is 0 Å². The summed E-state index contributed by atoms with van der Waals surface area (Å²) in [6, 6.07) is 11.1. The van der Waals surface area contributed by atoms with Gasteiger partial charge in [-0.1, -0.05) is 18.2 Å². The van der Waals surface area contributed by atoms with Gasteiger partial charge in [-0.2, -0.15) is 0 Å². The number of benzene rings is 2. The van der Waals surface area contributed by atoms with E-state index in [2.05, 4.69) is 15.6 Å². The fourth-order valence-electron chi connectivity index (χ4n) is 3.64. The lowest BCUT2D eigenvalue weighted by Crippen LogP contribution is -2.55. The Morgan fingerprint density at radius 1 is 0.939 bits per heavy atom. The first kappa shape index (κ1) is 22.3. The second-order valence-electron chi connectivity index (χ2n) is 7.84. The third-order valence-corrected chi connectivity index (χ3v) is 5.53. The monoisotopic (exact) mass is 455 g/mol. The number of fused-ring (bicyclic) bond motifs is 1. The van der Waals surface area contributed by atoms with E-state index < -0.39 is 29.6 Å². The zero-order valence-corrected chi connectivity index (χ0v) is 17.9. The van der Waals surface area contributed by atoms with Crippen molar-refractivity contribution in [1.29, 1.82) is 0 Å². The molecule has 0 radical (unpaired) electrons. The Hall–Kier alpha value is -3.95. The van der Waals surface area contributed by atoms with E-state index in [-0.39, 0.29) is 11.6 Å². The molecule has 0 spiro atoms. The number of para-hydroxylation sites is 1. The number of hydrogen-bond acceptors (Lipinski definition) is 3. The fraction of sp³-hybridized carbons (Fsp3) is 0.261. The lowest BCUT2D eigenvalue weighted by Gasteiger charge is -2.35. The van der Waals surface area contributed by atoms with Gasteiger partial charge < -0.3 is 25.4 Å². The van der Waals surface area contributed by atoms with Crippen LogP contribution in [0.3, 0.4) is 0 Å². The number of anilines is 1. The van der Waals surface area contributed by atoms with Gasteiger partial charge in [0.25, 0.3) is 5.91 Å². The summed E-state index contributed by atoms with van der Waals surface area (Å²) in [6.45, 7) is 2.83. The third-order valence-electron chi connectivity index (χ3n) is 5.53. The molecule has 0 bridgehead atoms. The van der Waals surface area contributed by atoms with Crippen LogP contribution in [0.1, 0.15) is 17.4 Å². The number of H-pyrrole nitrogens is 1. The molecular weight excluding hydrogens is 432 g/mol. The quantitative estimate of drug-likeness (QED) is 0.564. The van der Waals surface area contributed by atoms with E-state index in [0.717, 1.165) is 23.0 Å². The molecule has 1 saturated heterocycles. The molecule has 3 N–H and O–H groups in total. The average Bonchev–Trinajstić information content (AvgIpc) is 3.25. The first-order valence-electron chi connectivity index (χ1n) is 10.5. The molecule has 4 rings (SSSR count). The molecule has 0 aliphatic carbocycles. The van der Waals surface area contributed by atoms with Crippen molar-refractivity contribution in [2.24, 2.45) is 0 Å². The van der Waals surface area contributed by atoms with Gasteiger partial charge in [0.2, 0.25) is 5.91 Å². The molecule has 10 heteroatoms. The SMILES string of the molecule is C[C@H](NC(=O)N1CCN(C(=O)c2cc3ccccc3[nH]2)CC1)C(=O)Nc1ccc(F)c(F)c1. The maximum absolute atomic E-state index is 13.3. The van der Waals surface area contributed by atoms with Crippen LogP contribution in [0.4, 0.5) is 19.3 Å². The van der Waals surface area contributed by atoms with Crippen LogP contribution in [-0.4, -0.2) is 64.9 Å². The van der Waals surface area contributed by atoms with Crippen LogP contribution >= 0.6 is 0 Å². The van der Waals surface area contributed by atoms with E-state index in [1.807, 2.05) is 30.3 Å². The molecule has 0 unspecified atom stereocenters. The highest BCUT2D eigenvalue weighted by Gasteiger charge is 2.27. The molecule has 1 aliphatic heterocycles. The van der Waals surface area contributed by atoms with E-state index in [1.165, 1.54) is 17.9 Å². The maximum Gasteiger partial charge on any atom is 0.318 e. The number of halogens is 2. The summed E-state index contributed by atoms with van der Waals surface area (Å²) in [5.74, 6) is -2.80. The van der Waals surface area contributed by atoms with Gasteiger partial charge in [-0.05, 0) is 31.2 Å². The molecule has 1 atom stereocenters. The second kappa shape index (κ2) is 9.27. The first-order valence-corrected chi connectivity index (χ1v) is 10.5. The molecule has 0 saturated carbocycles. The van der Waals surface area contributed by atoms with Crippen molar-refractivity contribution in [1.82, 2.24) is 20.1 Å². The number of urea groups is 1. The largest absolute Gasteiger partial charge is 0.351 e. The highest BCUT2D eigenvalue weighted by molar-refractivity contribution is 5.98. The average molecular weight is 455 g/mol. The van der Waals surface area contributed by atoms with Gasteiger partial charge >= 0.3 is 6.03 Å². The Morgan fingerprint density at radius 2 is 1.64 bits per heavy atom. The number of amides is 4. The Kier molecular flexibility index (Phi) is 6.25. The first-order chi connectivity index (χ1) is 15.8. The van der Waals surface area contributed by atoms with Crippen molar-refractivity contribution in [3.63, 3.8) is 0 Å². The molecule has 4 amide bonds. The van der Waals surface area contributed by atoms with Crippen LogP contribution in [-0.2, 0) is 4.79 Å². The minimum absolute atomic E-state index is 0.0871. The number of piperazine rings is 1. The molecule has 2 aromatic carbocycles. The van der Waals surface area contributed by atoms with Crippen LogP contribution in [0.2, 0.25) is 0 Å². The maximum atomic E-state index is 13.3. The summed E-state index contributed by atoms with van der Waals surface area (Å²) in [6.07, 6.45) is 0. The van der Waals surface area contributed by atoms with Crippen molar-refractivity contribution >= 4 is 34.4 Å². The lowest BCUT2D eigenvalue weighted by atomic mass is 10.2. The van der Waals surface area contributed by atoms with E-state index in [0.29, 0.717) is 31.9 Å². The van der Waals surface area contributed by atoms with Crippen LogP contribution in [0.15, 0.2) is 48.5 Å². The van der Waals surface area contributed by atoms with E-state index in [1.54, 1.807) is 4.90 Å². The molecular formula is C23H23F2N5O3. The van der Waals surface area contributed by atoms with Crippen LogP contribution in [0.25, 0.3) is 10.9 Å². The van der Waals surface area contributed by atoms with Gasteiger partial charge in [0, 0.05) is 48.8 Å². The number of carbonyl (C=O) groups excluding carboxylic acids is 3. The summed E-state index contributed by atoms with van der Waals surface area (Å²) in [5.41, 5.74) is 1.47. The molecule has 2 heterocycles. The standard InChI is InChI=1S/C23H23F2N5O3/c1-14(21(31)27-16-6-7-17(24)18(25)13-16)26-23(33)30-10-8-29(9-11-30)22(32)20-12-15-4-2-3-5-19(15)28-20/h2-7,12-14,28H,8-11H2,1H3,(H,26,33)(H,27,31)/t14-/m0/s1. The minimum atomic E-state index is -1.08. The fourth-order valence-corrected chi connectivity index (χ4v) is 3.64. The van der Waals surface area contributed by atoms with Crippen molar-refractivity contribution < 1.29 is 23.2 Å². The number of nitrogens with zero attached hydrogens (tertiary/aromatic N) is 2. The Morgan fingerprint density at radius 3 is 2.33 bits per heavy atom. The number of rotatable bonds is 4. The van der Waals surface area contributed by atoms with Gasteiger partial charge in [0.1, 0.15) is 11.7 Å². The number of aromatic nitrogens is 1. The summed E-state index contributed by atoms with van der Waals surface area (Å²) < 4.78 is 26.3. The normalized spacial score (nSPS) is 14.8. The van der Waals surface area contributed by atoms with E-state index in [9.17, 15) is 23.2 Å². The van der Waals surface area contributed by atoms with E-state index >= 15 is 0 Å². The molecule has 8 nitrogen and oxygen atoms in total. The van der Waals surface area contributed by atoms with Crippen LogP contribution in [0.5, 0.6) is 0 Å². The minimum Gasteiger partial charge on any atom is -0.351 e. The molecule has 1 fully saturated rings.